The fourth-order valence-corrected chi connectivity index (χ4v) is 5.96. The van der Waals surface area contributed by atoms with E-state index < -0.39 is 17.7 Å². The lowest BCUT2D eigenvalue weighted by atomic mass is 9.95. The van der Waals surface area contributed by atoms with Crippen LogP contribution in [0.1, 0.15) is 41.6 Å². The number of carbonyl (C=O) groups is 2. The van der Waals surface area contributed by atoms with Gasteiger partial charge in [-0.15, -0.1) is 0 Å². The lowest BCUT2D eigenvalue weighted by Crippen LogP contribution is -2.29. The zero-order valence-electron chi connectivity index (χ0n) is 20.6. The lowest BCUT2D eigenvalue weighted by Gasteiger charge is -2.23. The first-order valence-corrected chi connectivity index (χ1v) is 13.2. The van der Waals surface area contributed by atoms with E-state index in [2.05, 4.69) is 0 Å². The van der Waals surface area contributed by atoms with Gasteiger partial charge in [-0.3, -0.25) is 14.5 Å². The highest BCUT2D eigenvalue weighted by Gasteiger charge is 2.48. The molecule has 1 N–H and O–H groups in total. The fraction of sp³-hybridized carbons (Fsp3) is 0.207. The van der Waals surface area contributed by atoms with Crippen molar-refractivity contribution < 1.29 is 19.4 Å². The van der Waals surface area contributed by atoms with Gasteiger partial charge in [-0.25, -0.2) is 4.98 Å². The molecule has 1 saturated heterocycles. The molecule has 5 rings (SSSR count). The Bertz CT molecular complexity index is 1580. The smallest absolute Gasteiger partial charge is 0.301 e. The standard InChI is InChI=1S/C29H25ClN2O4S/c1-4-11-36-21-10-6-8-19(15-21)26(33)23-25(18-7-5-9-20(30)14-18)32(28(35)27(23)34)29-31-24-17(3)12-16(2)13-22(24)37-29/h5-10,12-15,25,33H,4,11H2,1-3H3/b26-23+. The second kappa shape index (κ2) is 10.00. The van der Waals surface area contributed by atoms with Gasteiger partial charge in [-0.2, -0.15) is 0 Å². The van der Waals surface area contributed by atoms with Crippen LogP contribution in [0.25, 0.3) is 16.0 Å². The Hall–Kier alpha value is -3.68. The fourth-order valence-electron chi connectivity index (χ4n) is 4.59. The monoisotopic (exact) mass is 532 g/mol. The molecule has 1 unspecified atom stereocenters. The van der Waals surface area contributed by atoms with E-state index in [-0.39, 0.29) is 11.3 Å². The topological polar surface area (TPSA) is 79.7 Å². The first-order valence-electron chi connectivity index (χ1n) is 12.0. The Morgan fingerprint density at radius 2 is 1.89 bits per heavy atom. The van der Waals surface area contributed by atoms with E-state index in [9.17, 15) is 14.7 Å². The van der Waals surface area contributed by atoms with Crippen LogP contribution < -0.4 is 9.64 Å². The van der Waals surface area contributed by atoms with Crippen molar-refractivity contribution in [2.24, 2.45) is 0 Å². The number of rotatable bonds is 6. The second-order valence-electron chi connectivity index (χ2n) is 9.03. The van der Waals surface area contributed by atoms with Crippen LogP contribution in [0.3, 0.4) is 0 Å². The average Bonchev–Trinajstić information content (AvgIpc) is 3.41. The molecule has 0 bridgehead atoms. The van der Waals surface area contributed by atoms with Crippen molar-refractivity contribution in [1.29, 1.82) is 0 Å². The van der Waals surface area contributed by atoms with Gasteiger partial charge in [0.05, 0.1) is 28.4 Å². The van der Waals surface area contributed by atoms with Gasteiger partial charge in [0, 0.05) is 10.6 Å². The zero-order chi connectivity index (χ0) is 26.3. The van der Waals surface area contributed by atoms with Crippen molar-refractivity contribution in [1.82, 2.24) is 4.98 Å². The first-order chi connectivity index (χ1) is 17.8. The van der Waals surface area contributed by atoms with Gasteiger partial charge in [0.2, 0.25) is 0 Å². The third-order valence-corrected chi connectivity index (χ3v) is 7.45. The summed E-state index contributed by atoms with van der Waals surface area (Å²) in [4.78, 5) is 33.1. The molecule has 1 atom stereocenters. The minimum atomic E-state index is -0.902. The highest BCUT2D eigenvalue weighted by molar-refractivity contribution is 7.22. The van der Waals surface area contributed by atoms with Crippen LogP contribution >= 0.6 is 22.9 Å². The summed E-state index contributed by atoms with van der Waals surface area (Å²) >= 11 is 7.65. The number of aliphatic hydroxyl groups excluding tert-OH is 1. The molecule has 1 fully saturated rings. The van der Waals surface area contributed by atoms with E-state index in [0.717, 1.165) is 27.8 Å². The van der Waals surface area contributed by atoms with Gasteiger partial charge in [0.25, 0.3) is 5.78 Å². The molecule has 37 heavy (non-hydrogen) atoms. The van der Waals surface area contributed by atoms with Crippen molar-refractivity contribution in [3.63, 3.8) is 0 Å². The third-order valence-electron chi connectivity index (χ3n) is 6.21. The predicted octanol–water partition coefficient (Wildman–Crippen LogP) is 6.98. The lowest BCUT2D eigenvalue weighted by molar-refractivity contribution is -0.132. The van der Waals surface area contributed by atoms with Crippen molar-refractivity contribution >= 4 is 55.7 Å². The number of benzene rings is 3. The van der Waals surface area contributed by atoms with Gasteiger partial charge in [0.15, 0.2) is 5.13 Å². The van der Waals surface area contributed by atoms with Gasteiger partial charge < -0.3 is 9.84 Å². The van der Waals surface area contributed by atoms with E-state index >= 15 is 0 Å². The van der Waals surface area contributed by atoms with Crippen LogP contribution in [0.2, 0.25) is 5.02 Å². The first kappa shape index (κ1) is 25.0. The summed E-state index contributed by atoms with van der Waals surface area (Å²) in [5.41, 5.74) is 3.80. The minimum Gasteiger partial charge on any atom is -0.507 e. The summed E-state index contributed by atoms with van der Waals surface area (Å²) in [6, 6.07) is 17.0. The number of halogens is 1. The number of aryl methyl sites for hydroxylation is 2. The van der Waals surface area contributed by atoms with E-state index in [0.29, 0.717) is 33.6 Å². The number of ketones is 1. The van der Waals surface area contributed by atoms with Crippen molar-refractivity contribution in [2.45, 2.75) is 33.2 Å². The summed E-state index contributed by atoms with van der Waals surface area (Å²) in [5, 5.41) is 12.3. The molecule has 3 aromatic carbocycles. The Morgan fingerprint density at radius 1 is 1.11 bits per heavy atom. The molecular formula is C29H25ClN2O4S. The maximum absolute atomic E-state index is 13.5. The van der Waals surface area contributed by atoms with Crippen molar-refractivity contribution in [3.05, 3.63) is 93.5 Å². The molecule has 1 amide bonds. The normalized spacial score (nSPS) is 17.1. The number of anilines is 1. The molecule has 2 heterocycles. The molecule has 188 valence electrons. The zero-order valence-corrected chi connectivity index (χ0v) is 22.2. The molecule has 0 saturated carbocycles. The largest absolute Gasteiger partial charge is 0.507 e. The van der Waals surface area contributed by atoms with Gasteiger partial charge in [-0.05, 0) is 67.3 Å². The summed E-state index contributed by atoms with van der Waals surface area (Å²) in [6.45, 7) is 6.49. The molecule has 8 heteroatoms. The van der Waals surface area contributed by atoms with Gasteiger partial charge >= 0.3 is 5.91 Å². The van der Waals surface area contributed by atoms with Crippen LogP contribution in [0.5, 0.6) is 5.75 Å². The van der Waals surface area contributed by atoms with Crippen molar-refractivity contribution in [3.8, 4) is 5.75 Å². The maximum atomic E-state index is 13.5. The van der Waals surface area contributed by atoms with Gasteiger partial charge in [-0.1, -0.05) is 60.2 Å². The summed E-state index contributed by atoms with van der Waals surface area (Å²) < 4.78 is 6.62. The molecule has 0 spiro atoms. The molecule has 0 radical (unpaired) electrons. The number of carbonyl (C=O) groups excluding carboxylic acids is 2. The summed E-state index contributed by atoms with van der Waals surface area (Å²) in [5.74, 6) is -1.25. The van der Waals surface area contributed by atoms with Crippen LogP contribution in [-0.4, -0.2) is 28.4 Å². The highest BCUT2D eigenvalue weighted by Crippen LogP contribution is 2.45. The summed E-state index contributed by atoms with van der Waals surface area (Å²) in [6.07, 6.45) is 0.831. The third kappa shape index (κ3) is 4.61. The Morgan fingerprint density at radius 3 is 2.65 bits per heavy atom. The SMILES string of the molecule is CCCOc1cccc(/C(O)=C2\C(=O)C(=O)N(c3nc4c(C)cc(C)cc4s3)C2c2cccc(Cl)c2)c1. The maximum Gasteiger partial charge on any atom is 0.301 e. The van der Waals surface area contributed by atoms with E-state index in [1.54, 1.807) is 48.5 Å². The number of hydrogen-bond acceptors (Lipinski definition) is 6. The molecule has 1 aromatic heterocycles. The quantitative estimate of drug-likeness (QED) is 0.164. The number of fused-ring (bicyclic) bond motifs is 1. The van der Waals surface area contributed by atoms with Crippen LogP contribution in [0.15, 0.2) is 66.2 Å². The number of thiazole rings is 1. The number of nitrogens with zero attached hydrogens (tertiary/aromatic N) is 2. The van der Waals surface area contributed by atoms with Crippen LogP contribution in [0, 0.1) is 13.8 Å². The van der Waals surface area contributed by atoms with Crippen molar-refractivity contribution in [2.75, 3.05) is 11.5 Å². The van der Waals surface area contributed by atoms with E-state index in [1.807, 2.05) is 32.9 Å². The van der Waals surface area contributed by atoms with E-state index in [4.69, 9.17) is 21.3 Å². The Kier molecular flexibility index (Phi) is 6.75. The Balaban J connectivity index is 1.70. The van der Waals surface area contributed by atoms with Gasteiger partial charge in [0.1, 0.15) is 11.5 Å². The number of aliphatic hydroxyl groups is 1. The molecule has 6 nitrogen and oxygen atoms in total. The summed E-state index contributed by atoms with van der Waals surface area (Å²) in [7, 11) is 0. The average molecular weight is 533 g/mol. The number of hydrogen-bond donors (Lipinski definition) is 1. The Labute approximate surface area is 223 Å². The number of ether oxygens (including phenoxy) is 1. The molecule has 1 aliphatic heterocycles. The predicted molar refractivity (Wildman–Crippen MR) is 148 cm³/mol. The molecular weight excluding hydrogens is 508 g/mol. The molecule has 4 aromatic rings. The molecule has 1 aliphatic rings. The van der Waals surface area contributed by atoms with Crippen LogP contribution in [0.4, 0.5) is 5.13 Å². The highest BCUT2D eigenvalue weighted by atomic mass is 35.5. The number of aromatic nitrogens is 1. The molecule has 0 aliphatic carbocycles. The minimum absolute atomic E-state index is 0.0212. The second-order valence-corrected chi connectivity index (χ2v) is 10.5. The number of amides is 1. The number of Topliss-reactive ketones (excluding diaryl/α,β-unsaturated/α-hetero) is 1. The van der Waals surface area contributed by atoms with E-state index in [1.165, 1.54) is 16.2 Å². The van der Waals surface area contributed by atoms with Crippen LogP contribution in [-0.2, 0) is 9.59 Å².